The quantitative estimate of drug-likeness (QED) is 0.141. The van der Waals surface area contributed by atoms with Gasteiger partial charge in [0, 0.05) is 0 Å². The van der Waals surface area contributed by atoms with E-state index in [0.717, 1.165) is 41.4 Å². The zero-order valence-corrected chi connectivity index (χ0v) is 32.8. The second-order valence-electron chi connectivity index (χ2n) is 17.0. The molecule has 0 aromatic heterocycles. The Kier molecular flexibility index (Phi) is 33.1. The van der Waals surface area contributed by atoms with Gasteiger partial charge in [0.15, 0.2) is 0 Å². The third kappa shape index (κ3) is 41.9. The monoisotopic (exact) mass is 581 g/mol. The van der Waals surface area contributed by atoms with Gasteiger partial charge in [-0.3, -0.25) is 0 Å². The molecule has 0 amide bonds. The molecule has 0 fully saturated rings. The molecule has 0 aromatic rings. The molecule has 0 spiro atoms. The lowest BCUT2D eigenvalue weighted by Crippen LogP contribution is -2.26. The molecule has 0 aliphatic rings. The van der Waals surface area contributed by atoms with Crippen molar-refractivity contribution in [2.75, 3.05) is 0 Å². The van der Waals surface area contributed by atoms with Gasteiger partial charge in [0.2, 0.25) is 0 Å². The predicted molar refractivity (Wildman–Crippen MR) is 197 cm³/mol. The van der Waals surface area contributed by atoms with Gasteiger partial charge >= 0.3 is 0 Å². The van der Waals surface area contributed by atoms with Crippen molar-refractivity contribution in [3.8, 4) is 0 Å². The van der Waals surface area contributed by atoms with E-state index in [1.165, 1.54) is 77.0 Å². The molecule has 0 heteroatoms. The maximum atomic E-state index is 3.36. The molecule has 41 heavy (non-hydrogen) atoms. The molecule has 4 atom stereocenters. The summed E-state index contributed by atoms with van der Waals surface area (Å²) in [6.45, 7) is 45.4. The van der Waals surface area contributed by atoms with Gasteiger partial charge in [-0.2, -0.15) is 0 Å². The van der Waals surface area contributed by atoms with E-state index in [9.17, 15) is 0 Å². The highest BCUT2D eigenvalue weighted by Crippen LogP contribution is 2.42. The third-order valence-corrected chi connectivity index (χ3v) is 7.72. The summed E-state index contributed by atoms with van der Waals surface area (Å²) in [5, 5.41) is 0. The van der Waals surface area contributed by atoms with Crippen molar-refractivity contribution in [1.82, 2.24) is 0 Å². The summed E-state index contributed by atoms with van der Waals surface area (Å²) in [5.41, 5.74) is 0.955. The summed E-state index contributed by atoms with van der Waals surface area (Å²) in [5.74, 6) is 6.21. The van der Waals surface area contributed by atoms with Gasteiger partial charge in [0.25, 0.3) is 0 Å². The molecule has 252 valence electrons. The van der Waals surface area contributed by atoms with Crippen molar-refractivity contribution in [1.29, 1.82) is 0 Å². The zero-order chi connectivity index (χ0) is 33.2. The lowest BCUT2D eigenvalue weighted by molar-refractivity contribution is 0.134. The summed E-state index contributed by atoms with van der Waals surface area (Å²) in [4.78, 5) is 0. The van der Waals surface area contributed by atoms with Gasteiger partial charge in [-0.1, -0.05) is 162 Å². The van der Waals surface area contributed by atoms with Crippen molar-refractivity contribution in [3.63, 3.8) is 0 Å². The van der Waals surface area contributed by atoms with E-state index >= 15 is 0 Å². The Morgan fingerprint density at radius 2 is 0.780 bits per heavy atom. The molecule has 0 aliphatic heterocycles. The van der Waals surface area contributed by atoms with Crippen molar-refractivity contribution >= 4 is 0 Å². The van der Waals surface area contributed by atoms with Crippen LogP contribution in [0.1, 0.15) is 202 Å². The van der Waals surface area contributed by atoms with Crippen LogP contribution in [-0.2, 0) is 0 Å². The fraction of sp³-hybridized carbons (Fsp3) is 0.951. The Morgan fingerprint density at radius 1 is 0.488 bits per heavy atom. The Morgan fingerprint density at radius 3 is 1.05 bits per heavy atom. The van der Waals surface area contributed by atoms with Crippen LogP contribution in [-0.4, -0.2) is 0 Å². The Bertz CT molecular complexity index is 502. The third-order valence-electron chi connectivity index (χ3n) is 7.72. The lowest BCUT2D eigenvalue weighted by atomic mass is 9.68. The molecule has 0 aliphatic carbocycles. The first-order valence-electron chi connectivity index (χ1n) is 18.3. The van der Waals surface area contributed by atoms with Gasteiger partial charge in [-0.25, -0.2) is 0 Å². The molecule has 0 aromatic carbocycles. The molecule has 0 heterocycles. The second-order valence-corrected chi connectivity index (χ2v) is 17.0. The zero-order valence-electron chi connectivity index (χ0n) is 32.8. The minimum atomic E-state index is 0.476. The summed E-state index contributed by atoms with van der Waals surface area (Å²) in [6, 6.07) is 0. The average Bonchev–Trinajstić information content (AvgIpc) is 2.72. The van der Waals surface area contributed by atoms with E-state index in [0.29, 0.717) is 10.8 Å². The summed E-state index contributed by atoms with van der Waals surface area (Å²) < 4.78 is 0. The Balaban J connectivity index is -0.000000270. The first-order valence-corrected chi connectivity index (χ1v) is 18.3. The standard InChI is InChI=1S/C20H42.2C9H20.C3H6/c1-10-11-17(4)12-18(5)14-20(8,9)15-19(6,7)13-16(2)3;2*1-5-6-9(4)7-8(2)3;1-3-2/h16-18H,10-15H2,1-9H3;2*8-9H,5-7H2,1-4H3;3H,1H2,2H3. The highest BCUT2D eigenvalue weighted by molar-refractivity contribution is 4.82. The van der Waals surface area contributed by atoms with Gasteiger partial charge in [0.05, 0.1) is 0 Å². The Labute approximate surface area is 266 Å². The molecule has 0 rings (SSSR count). The van der Waals surface area contributed by atoms with Crippen LogP contribution in [0.4, 0.5) is 0 Å². The number of hydrogen-bond donors (Lipinski definition) is 0. The van der Waals surface area contributed by atoms with E-state index in [1.807, 2.05) is 6.92 Å². The lowest BCUT2D eigenvalue weighted by Gasteiger charge is -2.38. The smallest absolute Gasteiger partial charge is 0.0347 e. The van der Waals surface area contributed by atoms with Crippen molar-refractivity contribution in [3.05, 3.63) is 12.7 Å². The molecular formula is C41H88. The van der Waals surface area contributed by atoms with Crippen LogP contribution in [0, 0.1) is 52.3 Å². The van der Waals surface area contributed by atoms with Crippen LogP contribution < -0.4 is 0 Å². The fourth-order valence-corrected chi connectivity index (χ4v) is 7.70. The molecule has 0 N–H and O–H groups in total. The van der Waals surface area contributed by atoms with Crippen LogP contribution in [0.2, 0.25) is 0 Å². The average molecular weight is 581 g/mol. The summed E-state index contributed by atoms with van der Waals surface area (Å²) in [7, 11) is 0. The number of hydrogen-bond acceptors (Lipinski definition) is 0. The van der Waals surface area contributed by atoms with Crippen molar-refractivity contribution < 1.29 is 0 Å². The maximum Gasteiger partial charge on any atom is -0.0347 e. The minimum absolute atomic E-state index is 0.476. The van der Waals surface area contributed by atoms with Gasteiger partial charge in [-0.15, -0.1) is 6.58 Å². The molecule has 0 saturated heterocycles. The molecule has 0 saturated carbocycles. The van der Waals surface area contributed by atoms with E-state index < -0.39 is 0 Å². The highest BCUT2D eigenvalue weighted by atomic mass is 14.4. The molecule has 0 radical (unpaired) electrons. The van der Waals surface area contributed by atoms with Gasteiger partial charge in [0.1, 0.15) is 0 Å². The summed E-state index contributed by atoms with van der Waals surface area (Å²) >= 11 is 0. The Hall–Kier alpha value is -0.260. The maximum absolute atomic E-state index is 3.36. The SMILES string of the molecule is C=CC.CCCC(C)CC(C)C.CCCC(C)CC(C)C.CCCC(C)CC(C)CC(C)(C)CC(C)(C)CC(C)C. The number of allylic oxidation sites excluding steroid dienone is 1. The van der Waals surface area contributed by atoms with Crippen LogP contribution in [0.3, 0.4) is 0 Å². The van der Waals surface area contributed by atoms with Crippen LogP contribution in [0.15, 0.2) is 12.7 Å². The largest absolute Gasteiger partial charge is 0.103 e. The second kappa shape index (κ2) is 28.5. The first-order chi connectivity index (χ1) is 18.7. The van der Waals surface area contributed by atoms with E-state index in [4.69, 9.17) is 0 Å². The highest BCUT2D eigenvalue weighted by Gasteiger charge is 2.30. The molecular weight excluding hydrogens is 492 g/mol. The van der Waals surface area contributed by atoms with E-state index in [2.05, 4.69) is 124 Å². The van der Waals surface area contributed by atoms with Crippen LogP contribution in [0.25, 0.3) is 0 Å². The molecule has 0 nitrogen and oxygen atoms in total. The van der Waals surface area contributed by atoms with Crippen LogP contribution in [0.5, 0.6) is 0 Å². The first kappa shape index (κ1) is 47.7. The molecule has 4 unspecified atom stereocenters. The fourth-order valence-electron chi connectivity index (χ4n) is 7.70. The van der Waals surface area contributed by atoms with Crippen molar-refractivity contribution in [2.45, 2.75) is 202 Å². The predicted octanol–water partition coefficient (Wildman–Crippen LogP) is 15.5. The van der Waals surface area contributed by atoms with E-state index in [-0.39, 0.29) is 0 Å². The van der Waals surface area contributed by atoms with Gasteiger partial charge < -0.3 is 0 Å². The minimum Gasteiger partial charge on any atom is -0.103 e. The van der Waals surface area contributed by atoms with E-state index in [1.54, 1.807) is 6.08 Å². The normalized spacial score (nSPS) is 14.7. The topological polar surface area (TPSA) is 0 Å². The van der Waals surface area contributed by atoms with Crippen molar-refractivity contribution in [2.24, 2.45) is 52.3 Å². The number of rotatable bonds is 18. The van der Waals surface area contributed by atoms with Gasteiger partial charge in [-0.05, 0) is 97.7 Å². The molecule has 0 bridgehead atoms. The summed E-state index contributed by atoms with van der Waals surface area (Å²) in [6.07, 6.45) is 18.2. The van der Waals surface area contributed by atoms with Crippen LogP contribution >= 0.6 is 0 Å².